The van der Waals surface area contributed by atoms with E-state index in [4.69, 9.17) is 16.0 Å². The van der Waals surface area contributed by atoms with Gasteiger partial charge in [0.25, 0.3) is 0 Å². The third kappa shape index (κ3) is 6.06. The molecule has 0 saturated heterocycles. The van der Waals surface area contributed by atoms with Gasteiger partial charge in [0.05, 0.1) is 0 Å². The fraction of sp³-hybridized carbons (Fsp3) is 0.900. The average Bonchev–Trinajstić information content (AvgIpc) is 2.21. The summed E-state index contributed by atoms with van der Waals surface area (Å²) in [7, 11) is 0. The van der Waals surface area contributed by atoms with Crippen molar-refractivity contribution in [2.75, 3.05) is 19.7 Å². The van der Waals surface area contributed by atoms with Crippen molar-refractivity contribution in [2.24, 2.45) is 22.2 Å². The van der Waals surface area contributed by atoms with Crippen LogP contribution in [0.25, 0.3) is 0 Å². The molecule has 18 heavy (non-hydrogen) atoms. The molecular weight excluding hydrogens is 251 g/mol. The molecule has 0 radical (unpaired) electrons. The number of hydrogen-bond donors (Lipinski definition) is 4. The molecule has 5 nitrogen and oxygen atoms in total. The normalized spacial score (nSPS) is 15.8. The van der Waals surface area contributed by atoms with Crippen LogP contribution in [-0.4, -0.2) is 42.0 Å². The van der Waals surface area contributed by atoms with Gasteiger partial charge in [-0.3, -0.25) is 0 Å². The maximum absolute atomic E-state index is 12.6. The van der Waals surface area contributed by atoms with Crippen molar-refractivity contribution in [1.82, 2.24) is 5.32 Å². The molecule has 0 aromatic carbocycles. The van der Waals surface area contributed by atoms with Crippen LogP contribution >= 0.6 is 0 Å². The first-order valence-corrected chi connectivity index (χ1v) is 5.50. The zero-order valence-electron chi connectivity index (χ0n) is 10.5. The molecule has 0 aliphatic rings. The minimum absolute atomic E-state index is 0.0301. The maximum atomic E-state index is 12.6. The van der Waals surface area contributed by atoms with Crippen LogP contribution in [0.5, 0.6) is 0 Å². The standard InChI is InChI=1S/C10H20F3N3O2/c1-9(2,3-4-17)6-15-5-7(8(14)16-18)10(11,12)13/h7,15,17-18H,3-6H2,1-2H3,(H2,14,16). The molecule has 0 fully saturated rings. The predicted molar refractivity (Wildman–Crippen MR) is 61.3 cm³/mol. The van der Waals surface area contributed by atoms with E-state index >= 15 is 0 Å². The SMILES string of the molecule is CC(C)(CCO)CNCC(C(N)=NO)C(F)(F)F. The molecule has 0 amide bonds. The molecule has 1 unspecified atom stereocenters. The molecule has 108 valence electrons. The lowest BCUT2D eigenvalue weighted by molar-refractivity contribution is -0.155. The smallest absolute Gasteiger partial charge is 0.400 e. The molecule has 0 aromatic heterocycles. The number of alkyl halides is 3. The largest absolute Gasteiger partial charge is 0.409 e. The second kappa shape index (κ2) is 6.79. The molecule has 0 saturated carbocycles. The van der Waals surface area contributed by atoms with E-state index in [2.05, 4.69) is 10.5 Å². The van der Waals surface area contributed by atoms with E-state index in [1.807, 2.05) is 13.8 Å². The topological polar surface area (TPSA) is 90.9 Å². The Labute approximate surface area is 104 Å². The lowest BCUT2D eigenvalue weighted by atomic mass is 9.89. The molecular formula is C10H20F3N3O2. The molecule has 0 heterocycles. The Morgan fingerprint density at radius 3 is 2.33 bits per heavy atom. The summed E-state index contributed by atoms with van der Waals surface area (Å²) < 4.78 is 37.7. The van der Waals surface area contributed by atoms with Gasteiger partial charge in [0.15, 0.2) is 5.84 Å². The van der Waals surface area contributed by atoms with E-state index in [-0.39, 0.29) is 12.0 Å². The molecule has 1 atom stereocenters. The van der Waals surface area contributed by atoms with Crippen LogP contribution in [-0.2, 0) is 0 Å². The summed E-state index contributed by atoms with van der Waals surface area (Å²) >= 11 is 0. The van der Waals surface area contributed by atoms with Gasteiger partial charge in [-0.15, -0.1) is 0 Å². The fourth-order valence-electron chi connectivity index (χ4n) is 1.40. The van der Waals surface area contributed by atoms with Gasteiger partial charge < -0.3 is 21.4 Å². The van der Waals surface area contributed by atoms with Crippen molar-refractivity contribution in [1.29, 1.82) is 0 Å². The van der Waals surface area contributed by atoms with E-state index in [9.17, 15) is 13.2 Å². The molecule has 0 rings (SSSR count). The van der Waals surface area contributed by atoms with Gasteiger partial charge in [-0.05, 0) is 11.8 Å². The van der Waals surface area contributed by atoms with Gasteiger partial charge in [-0.1, -0.05) is 19.0 Å². The highest BCUT2D eigenvalue weighted by molar-refractivity contribution is 5.83. The number of amidine groups is 1. The van der Waals surface area contributed by atoms with Crippen LogP contribution in [0, 0.1) is 11.3 Å². The Bertz CT molecular complexity index is 280. The van der Waals surface area contributed by atoms with Crippen LogP contribution in [0.3, 0.4) is 0 Å². The summed E-state index contributed by atoms with van der Waals surface area (Å²) in [6.07, 6.45) is -4.09. The van der Waals surface area contributed by atoms with Gasteiger partial charge >= 0.3 is 6.18 Å². The van der Waals surface area contributed by atoms with Gasteiger partial charge in [0, 0.05) is 19.7 Å². The monoisotopic (exact) mass is 271 g/mol. The van der Waals surface area contributed by atoms with Crippen molar-refractivity contribution >= 4 is 5.84 Å². The van der Waals surface area contributed by atoms with Gasteiger partial charge in [-0.2, -0.15) is 13.2 Å². The van der Waals surface area contributed by atoms with Gasteiger partial charge in [0.1, 0.15) is 5.92 Å². The van der Waals surface area contributed by atoms with E-state index in [0.29, 0.717) is 13.0 Å². The van der Waals surface area contributed by atoms with Gasteiger partial charge in [-0.25, -0.2) is 0 Å². The summed E-state index contributed by atoms with van der Waals surface area (Å²) in [6.45, 7) is 3.44. The summed E-state index contributed by atoms with van der Waals surface area (Å²) in [5.74, 6) is -2.89. The lowest BCUT2D eigenvalue weighted by Gasteiger charge is -2.26. The number of nitrogens with two attached hydrogens (primary N) is 1. The van der Waals surface area contributed by atoms with Gasteiger partial charge in [0.2, 0.25) is 0 Å². The number of halogens is 3. The Morgan fingerprint density at radius 2 is 1.94 bits per heavy atom. The third-order valence-electron chi connectivity index (χ3n) is 2.61. The lowest BCUT2D eigenvalue weighted by Crippen LogP contribution is -2.44. The number of aliphatic hydroxyl groups is 1. The first-order valence-electron chi connectivity index (χ1n) is 5.50. The number of nitrogens with zero attached hydrogens (tertiary/aromatic N) is 1. The maximum Gasteiger partial charge on any atom is 0.400 e. The van der Waals surface area contributed by atoms with Crippen LogP contribution in [0.4, 0.5) is 13.2 Å². The average molecular weight is 271 g/mol. The van der Waals surface area contributed by atoms with Crippen LogP contribution < -0.4 is 11.1 Å². The summed E-state index contributed by atoms with van der Waals surface area (Å²) in [4.78, 5) is 0. The number of rotatable bonds is 7. The molecule has 0 aromatic rings. The summed E-state index contributed by atoms with van der Waals surface area (Å²) in [6, 6.07) is 0. The zero-order chi connectivity index (χ0) is 14.4. The Balaban J connectivity index is 4.39. The number of aliphatic hydroxyl groups excluding tert-OH is 1. The van der Waals surface area contributed by atoms with Crippen LogP contribution in [0.2, 0.25) is 0 Å². The quantitative estimate of drug-likeness (QED) is 0.240. The van der Waals surface area contributed by atoms with E-state index in [1.165, 1.54) is 0 Å². The van der Waals surface area contributed by atoms with Crippen LogP contribution in [0.15, 0.2) is 5.16 Å². The van der Waals surface area contributed by atoms with Crippen molar-refractivity contribution in [3.8, 4) is 0 Å². The first kappa shape index (κ1) is 17.0. The summed E-state index contributed by atoms with van der Waals surface area (Å²) in [5.41, 5.74) is 4.69. The minimum atomic E-state index is -4.57. The highest BCUT2D eigenvalue weighted by Gasteiger charge is 2.42. The predicted octanol–water partition coefficient (Wildman–Crippen LogP) is 0.909. The molecule has 0 bridgehead atoms. The van der Waals surface area contributed by atoms with E-state index in [0.717, 1.165) is 0 Å². The fourth-order valence-corrected chi connectivity index (χ4v) is 1.40. The number of hydrogen-bond acceptors (Lipinski definition) is 4. The second-order valence-corrected chi connectivity index (χ2v) is 4.89. The molecule has 5 N–H and O–H groups in total. The minimum Gasteiger partial charge on any atom is -0.409 e. The molecule has 0 aliphatic heterocycles. The number of nitrogens with one attached hydrogen (secondary N) is 1. The zero-order valence-corrected chi connectivity index (χ0v) is 10.5. The first-order chi connectivity index (χ1) is 8.14. The third-order valence-corrected chi connectivity index (χ3v) is 2.61. The molecule has 0 spiro atoms. The van der Waals surface area contributed by atoms with Crippen molar-refractivity contribution < 1.29 is 23.5 Å². The molecule has 8 heteroatoms. The van der Waals surface area contributed by atoms with Crippen LogP contribution in [0.1, 0.15) is 20.3 Å². The second-order valence-electron chi connectivity index (χ2n) is 4.89. The Kier molecular flexibility index (Phi) is 6.41. The summed E-state index contributed by atoms with van der Waals surface area (Å²) in [5, 5.41) is 22.1. The van der Waals surface area contributed by atoms with Crippen molar-refractivity contribution in [3.05, 3.63) is 0 Å². The Morgan fingerprint density at radius 1 is 1.39 bits per heavy atom. The van der Waals surface area contributed by atoms with Crippen molar-refractivity contribution in [2.45, 2.75) is 26.4 Å². The highest BCUT2D eigenvalue weighted by Crippen LogP contribution is 2.26. The van der Waals surface area contributed by atoms with E-state index < -0.39 is 24.5 Å². The Hall–Kier alpha value is -1.02. The van der Waals surface area contributed by atoms with E-state index in [1.54, 1.807) is 0 Å². The van der Waals surface area contributed by atoms with Crippen molar-refractivity contribution in [3.63, 3.8) is 0 Å². The number of oxime groups is 1. The highest BCUT2D eigenvalue weighted by atomic mass is 19.4. The molecule has 0 aliphatic carbocycles.